The van der Waals surface area contributed by atoms with Crippen molar-refractivity contribution in [2.75, 3.05) is 0 Å². The fourth-order valence-corrected chi connectivity index (χ4v) is 1.07. The van der Waals surface area contributed by atoms with Gasteiger partial charge in [-0.05, 0) is 24.6 Å². The summed E-state index contributed by atoms with van der Waals surface area (Å²) in [5.74, 6) is -0.684. The van der Waals surface area contributed by atoms with Gasteiger partial charge in [0, 0.05) is 12.1 Å². The quantitative estimate of drug-likeness (QED) is 0.548. The van der Waals surface area contributed by atoms with Crippen LogP contribution in [-0.4, -0.2) is 10.8 Å². The predicted octanol–water partition coefficient (Wildman–Crippen LogP) is 0.254. The zero-order valence-electron chi connectivity index (χ0n) is 8.14. The molecular formula is C9H11N3O3. The molecule has 0 aliphatic rings. The third-order valence-corrected chi connectivity index (χ3v) is 2.19. The lowest BCUT2D eigenvalue weighted by Gasteiger charge is -2.20. The van der Waals surface area contributed by atoms with Crippen LogP contribution in [0.4, 0.5) is 5.69 Å². The van der Waals surface area contributed by atoms with Crippen molar-refractivity contribution in [2.24, 2.45) is 11.5 Å². The molecule has 1 amide bonds. The van der Waals surface area contributed by atoms with Gasteiger partial charge in [0.25, 0.3) is 5.69 Å². The number of benzene rings is 1. The number of hydrogen-bond donors (Lipinski definition) is 2. The van der Waals surface area contributed by atoms with Crippen LogP contribution in [0.1, 0.15) is 12.5 Å². The van der Waals surface area contributed by atoms with Crippen LogP contribution >= 0.6 is 0 Å². The molecule has 1 unspecified atom stereocenters. The summed E-state index contributed by atoms with van der Waals surface area (Å²) in [4.78, 5) is 20.9. The molecule has 0 heterocycles. The fraction of sp³-hybridized carbons (Fsp3) is 0.222. The number of nitro groups is 1. The van der Waals surface area contributed by atoms with Gasteiger partial charge in [0.1, 0.15) is 5.54 Å². The molecule has 6 heteroatoms. The summed E-state index contributed by atoms with van der Waals surface area (Å²) in [5, 5.41) is 10.4. The lowest BCUT2D eigenvalue weighted by atomic mass is 9.92. The highest BCUT2D eigenvalue weighted by molar-refractivity contribution is 5.85. The molecule has 80 valence electrons. The second-order valence-corrected chi connectivity index (χ2v) is 3.37. The van der Waals surface area contributed by atoms with E-state index in [2.05, 4.69) is 0 Å². The highest BCUT2D eigenvalue weighted by Crippen LogP contribution is 2.20. The lowest BCUT2D eigenvalue weighted by Crippen LogP contribution is -2.46. The van der Waals surface area contributed by atoms with Gasteiger partial charge in [-0.1, -0.05) is 0 Å². The number of amides is 1. The number of hydrogen-bond acceptors (Lipinski definition) is 4. The van der Waals surface area contributed by atoms with Gasteiger partial charge < -0.3 is 11.5 Å². The highest BCUT2D eigenvalue weighted by atomic mass is 16.6. The van der Waals surface area contributed by atoms with E-state index < -0.39 is 16.4 Å². The van der Waals surface area contributed by atoms with Crippen LogP contribution in [0, 0.1) is 10.1 Å². The zero-order valence-corrected chi connectivity index (χ0v) is 8.14. The van der Waals surface area contributed by atoms with E-state index in [1.807, 2.05) is 0 Å². The molecule has 0 fully saturated rings. The summed E-state index contributed by atoms with van der Waals surface area (Å²) in [7, 11) is 0. The van der Waals surface area contributed by atoms with Gasteiger partial charge in [0.05, 0.1) is 4.92 Å². The van der Waals surface area contributed by atoms with E-state index in [9.17, 15) is 14.9 Å². The van der Waals surface area contributed by atoms with Gasteiger partial charge in [-0.2, -0.15) is 0 Å². The Kier molecular flexibility index (Phi) is 2.71. The molecule has 0 radical (unpaired) electrons. The van der Waals surface area contributed by atoms with Crippen molar-refractivity contribution in [2.45, 2.75) is 12.5 Å². The maximum Gasteiger partial charge on any atom is 0.269 e. The van der Waals surface area contributed by atoms with Crippen molar-refractivity contribution in [3.05, 3.63) is 39.9 Å². The fourth-order valence-electron chi connectivity index (χ4n) is 1.07. The van der Waals surface area contributed by atoms with Crippen LogP contribution in [0.15, 0.2) is 24.3 Å². The zero-order chi connectivity index (χ0) is 11.6. The Bertz CT molecular complexity index is 398. The summed E-state index contributed by atoms with van der Waals surface area (Å²) in [6.07, 6.45) is 0. The van der Waals surface area contributed by atoms with Gasteiger partial charge in [-0.25, -0.2) is 0 Å². The SMILES string of the molecule is CC(N)(C(N)=O)c1ccc([N+](=O)[O-])cc1. The summed E-state index contributed by atoms with van der Waals surface area (Å²) in [5.41, 5.74) is 9.84. The van der Waals surface area contributed by atoms with Crippen LogP contribution in [0.5, 0.6) is 0 Å². The maximum absolute atomic E-state index is 11.0. The molecule has 1 aromatic carbocycles. The summed E-state index contributed by atoms with van der Waals surface area (Å²) in [6.45, 7) is 1.45. The third-order valence-electron chi connectivity index (χ3n) is 2.19. The average molecular weight is 209 g/mol. The largest absolute Gasteiger partial charge is 0.368 e. The first-order valence-electron chi connectivity index (χ1n) is 4.19. The normalized spacial score (nSPS) is 14.3. The molecule has 0 aromatic heterocycles. The number of carbonyl (C=O) groups excluding carboxylic acids is 1. The van der Waals surface area contributed by atoms with Crippen LogP contribution in [0.3, 0.4) is 0 Å². The minimum atomic E-state index is -1.31. The van der Waals surface area contributed by atoms with E-state index in [0.29, 0.717) is 5.56 Å². The summed E-state index contributed by atoms with van der Waals surface area (Å²) in [6, 6.07) is 5.40. The van der Waals surface area contributed by atoms with Gasteiger partial charge >= 0.3 is 0 Å². The molecular weight excluding hydrogens is 198 g/mol. The number of nitrogens with zero attached hydrogens (tertiary/aromatic N) is 1. The molecule has 0 spiro atoms. The van der Waals surface area contributed by atoms with Crippen molar-refractivity contribution in [1.29, 1.82) is 0 Å². The molecule has 15 heavy (non-hydrogen) atoms. The molecule has 4 N–H and O–H groups in total. The van der Waals surface area contributed by atoms with Gasteiger partial charge in [0.2, 0.25) is 5.91 Å². The van der Waals surface area contributed by atoms with Crippen LogP contribution < -0.4 is 11.5 Å². The number of non-ortho nitro benzene ring substituents is 1. The topological polar surface area (TPSA) is 112 Å². The van der Waals surface area contributed by atoms with Crippen molar-refractivity contribution in [1.82, 2.24) is 0 Å². The number of nitro benzene ring substituents is 1. The molecule has 0 saturated carbocycles. The molecule has 0 aliphatic heterocycles. The minimum absolute atomic E-state index is 0.0565. The number of primary amides is 1. The van der Waals surface area contributed by atoms with Crippen molar-refractivity contribution < 1.29 is 9.72 Å². The molecule has 1 rings (SSSR count). The average Bonchev–Trinajstić information content (AvgIpc) is 2.17. The minimum Gasteiger partial charge on any atom is -0.368 e. The van der Waals surface area contributed by atoms with Crippen molar-refractivity contribution in [3.8, 4) is 0 Å². The first kappa shape index (κ1) is 11.1. The Morgan fingerprint density at radius 1 is 1.40 bits per heavy atom. The Hall–Kier alpha value is -1.95. The van der Waals surface area contributed by atoms with Gasteiger partial charge in [-0.15, -0.1) is 0 Å². The molecule has 1 atom stereocenters. The number of nitrogens with two attached hydrogens (primary N) is 2. The van der Waals surface area contributed by atoms with E-state index in [4.69, 9.17) is 11.5 Å². The highest BCUT2D eigenvalue weighted by Gasteiger charge is 2.28. The first-order valence-corrected chi connectivity index (χ1v) is 4.19. The summed E-state index contributed by atoms with van der Waals surface area (Å²) < 4.78 is 0. The molecule has 0 bridgehead atoms. The second-order valence-electron chi connectivity index (χ2n) is 3.37. The van der Waals surface area contributed by atoms with Crippen LogP contribution in [0.2, 0.25) is 0 Å². The van der Waals surface area contributed by atoms with Crippen LogP contribution in [-0.2, 0) is 10.3 Å². The predicted molar refractivity (Wildman–Crippen MR) is 53.8 cm³/mol. The Morgan fingerprint density at radius 3 is 2.20 bits per heavy atom. The summed E-state index contributed by atoms with van der Waals surface area (Å²) >= 11 is 0. The Balaban J connectivity index is 3.09. The second kappa shape index (κ2) is 3.66. The standard InChI is InChI=1S/C9H11N3O3/c1-9(11,8(10)13)6-2-4-7(5-3-6)12(14)15/h2-5H,11H2,1H3,(H2,10,13). The maximum atomic E-state index is 11.0. The van der Waals surface area contributed by atoms with E-state index in [-0.39, 0.29) is 5.69 Å². The van der Waals surface area contributed by atoms with Crippen LogP contribution in [0.25, 0.3) is 0 Å². The molecule has 0 saturated heterocycles. The lowest BCUT2D eigenvalue weighted by molar-refractivity contribution is -0.384. The monoisotopic (exact) mass is 209 g/mol. The number of carbonyl (C=O) groups is 1. The van der Waals surface area contributed by atoms with Gasteiger partial charge in [0.15, 0.2) is 0 Å². The molecule has 6 nitrogen and oxygen atoms in total. The van der Waals surface area contributed by atoms with Crippen molar-refractivity contribution in [3.63, 3.8) is 0 Å². The van der Waals surface area contributed by atoms with E-state index in [0.717, 1.165) is 0 Å². The van der Waals surface area contributed by atoms with Gasteiger partial charge in [-0.3, -0.25) is 14.9 Å². The Labute approximate surface area is 86.0 Å². The molecule has 0 aliphatic carbocycles. The Morgan fingerprint density at radius 2 is 1.87 bits per heavy atom. The number of rotatable bonds is 3. The van der Waals surface area contributed by atoms with E-state index in [1.165, 1.54) is 31.2 Å². The van der Waals surface area contributed by atoms with E-state index >= 15 is 0 Å². The molecule has 1 aromatic rings. The van der Waals surface area contributed by atoms with Crippen molar-refractivity contribution >= 4 is 11.6 Å². The first-order chi connectivity index (χ1) is 6.85. The third kappa shape index (κ3) is 2.10. The van der Waals surface area contributed by atoms with E-state index in [1.54, 1.807) is 0 Å². The smallest absolute Gasteiger partial charge is 0.269 e.